The number of rotatable bonds is 7. The zero-order chi connectivity index (χ0) is 22.6. The zero-order valence-electron chi connectivity index (χ0n) is 17.5. The van der Waals surface area contributed by atoms with Gasteiger partial charge in [-0.1, -0.05) is 6.07 Å². The summed E-state index contributed by atoms with van der Waals surface area (Å²) in [5.74, 6) is 0.536. The molecule has 0 radical (unpaired) electrons. The number of aromatic nitrogens is 3. The molecule has 0 N–H and O–H groups in total. The van der Waals surface area contributed by atoms with E-state index in [2.05, 4.69) is 9.97 Å². The van der Waals surface area contributed by atoms with Crippen LogP contribution in [0.1, 0.15) is 32.9 Å². The molecule has 0 aliphatic carbocycles. The Balaban J connectivity index is 1.71. The molecule has 164 valence electrons. The molecule has 0 unspecified atom stereocenters. The average Bonchev–Trinajstić information content (AvgIpc) is 3.12. The van der Waals surface area contributed by atoms with Crippen LogP contribution >= 0.6 is 0 Å². The van der Waals surface area contributed by atoms with E-state index in [-0.39, 0.29) is 18.3 Å². The summed E-state index contributed by atoms with van der Waals surface area (Å²) in [4.78, 5) is 22.2. The predicted octanol–water partition coefficient (Wildman–Crippen LogP) is 4.31. The molecule has 0 atom stereocenters. The Hall–Kier alpha value is -3.36. The number of halogens is 3. The van der Waals surface area contributed by atoms with Crippen LogP contribution in [0.5, 0.6) is 5.75 Å². The number of amides is 1. The fraction of sp³-hybridized carbons (Fsp3) is 0.318. The van der Waals surface area contributed by atoms with E-state index < -0.39 is 12.7 Å². The number of carbonyl (C=O) groups excluding carboxylic acids is 1. The van der Waals surface area contributed by atoms with Crippen LogP contribution in [0.3, 0.4) is 0 Å². The molecule has 0 spiro atoms. The summed E-state index contributed by atoms with van der Waals surface area (Å²) >= 11 is 0. The standard InChI is InChI=1S/C22H23F3N4O2/c1-15-9-18(10-16(2)20(15)31-13-17-5-4-6-26-11-17)21(30)28(3)12-19-27-7-8-29(19)14-22(23,24)25/h4-11H,12-14H2,1-3H3. The minimum atomic E-state index is -4.36. The van der Waals surface area contributed by atoms with E-state index in [9.17, 15) is 18.0 Å². The van der Waals surface area contributed by atoms with Crippen LogP contribution in [0.4, 0.5) is 13.2 Å². The molecule has 1 aromatic carbocycles. The maximum atomic E-state index is 12.9. The molecule has 0 aliphatic rings. The third-order valence-corrected chi connectivity index (χ3v) is 4.69. The van der Waals surface area contributed by atoms with Crippen molar-refractivity contribution in [2.75, 3.05) is 7.05 Å². The molecule has 6 nitrogen and oxygen atoms in total. The molecule has 3 rings (SSSR count). The summed E-state index contributed by atoms with van der Waals surface area (Å²) in [5.41, 5.74) is 2.94. The Morgan fingerprint density at radius 3 is 2.52 bits per heavy atom. The van der Waals surface area contributed by atoms with Crippen LogP contribution in [-0.4, -0.2) is 38.6 Å². The van der Waals surface area contributed by atoms with Crippen LogP contribution < -0.4 is 4.74 Å². The number of hydrogen-bond acceptors (Lipinski definition) is 4. The number of hydrogen-bond donors (Lipinski definition) is 0. The van der Waals surface area contributed by atoms with Crippen molar-refractivity contribution in [3.8, 4) is 5.75 Å². The first-order valence-electron chi connectivity index (χ1n) is 9.59. The lowest BCUT2D eigenvalue weighted by molar-refractivity contribution is -0.141. The highest BCUT2D eigenvalue weighted by Crippen LogP contribution is 2.26. The lowest BCUT2D eigenvalue weighted by Crippen LogP contribution is -2.29. The molecule has 2 heterocycles. The molecular formula is C22H23F3N4O2. The smallest absolute Gasteiger partial charge is 0.406 e. The highest BCUT2D eigenvalue weighted by molar-refractivity contribution is 5.94. The Labute approximate surface area is 178 Å². The molecule has 3 aromatic rings. The van der Waals surface area contributed by atoms with E-state index in [1.165, 1.54) is 24.3 Å². The van der Waals surface area contributed by atoms with Gasteiger partial charge in [0.05, 0.1) is 6.54 Å². The van der Waals surface area contributed by atoms with Gasteiger partial charge in [0.1, 0.15) is 24.7 Å². The van der Waals surface area contributed by atoms with Crippen molar-refractivity contribution in [3.63, 3.8) is 0 Å². The largest absolute Gasteiger partial charge is 0.488 e. The number of alkyl halides is 3. The fourth-order valence-corrected chi connectivity index (χ4v) is 3.27. The Bertz CT molecular complexity index is 1030. The molecule has 0 aliphatic heterocycles. The number of carbonyl (C=O) groups is 1. The van der Waals surface area contributed by atoms with Crippen molar-refractivity contribution in [3.05, 3.63) is 77.1 Å². The normalized spacial score (nSPS) is 11.4. The van der Waals surface area contributed by atoms with E-state index in [0.29, 0.717) is 17.9 Å². The summed E-state index contributed by atoms with van der Waals surface area (Å²) in [5, 5.41) is 0. The van der Waals surface area contributed by atoms with Crippen molar-refractivity contribution in [2.45, 2.75) is 39.7 Å². The van der Waals surface area contributed by atoms with E-state index in [0.717, 1.165) is 21.3 Å². The van der Waals surface area contributed by atoms with Gasteiger partial charge in [0.25, 0.3) is 5.91 Å². The fourth-order valence-electron chi connectivity index (χ4n) is 3.27. The molecule has 0 fully saturated rings. The zero-order valence-corrected chi connectivity index (χ0v) is 17.5. The van der Waals surface area contributed by atoms with Crippen molar-refractivity contribution < 1.29 is 22.7 Å². The first kappa shape index (κ1) is 22.3. The van der Waals surface area contributed by atoms with Gasteiger partial charge in [-0.3, -0.25) is 9.78 Å². The maximum Gasteiger partial charge on any atom is 0.406 e. The second-order valence-electron chi connectivity index (χ2n) is 7.34. The average molecular weight is 432 g/mol. The molecule has 0 bridgehead atoms. The van der Waals surface area contributed by atoms with Gasteiger partial charge in [-0.2, -0.15) is 13.2 Å². The van der Waals surface area contributed by atoms with Crippen molar-refractivity contribution in [1.29, 1.82) is 0 Å². The number of aryl methyl sites for hydroxylation is 2. The van der Waals surface area contributed by atoms with Gasteiger partial charge in [-0.15, -0.1) is 0 Å². The number of nitrogens with zero attached hydrogens (tertiary/aromatic N) is 4. The number of ether oxygens (including phenoxy) is 1. The van der Waals surface area contributed by atoms with Crippen LogP contribution in [0.2, 0.25) is 0 Å². The number of benzene rings is 1. The van der Waals surface area contributed by atoms with E-state index in [1.807, 2.05) is 26.0 Å². The second kappa shape index (κ2) is 9.20. The summed E-state index contributed by atoms with van der Waals surface area (Å²) < 4.78 is 45.0. The molecule has 0 saturated heterocycles. The first-order chi connectivity index (χ1) is 14.6. The van der Waals surface area contributed by atoms with Crippen LogP contribution in [0.15, 0.2) is 49.1 Å². The van der Waals surface area contributed by atoms with E-state index in [1.54, 1.807) is 24.5 Å². The molecule has 31 heavy (non-hydrogen) atoms. The van der Waals surface area contributed by atoms with Gasteiger partial charge < -0.3 is 14.2 Å². The second-order valence-corrected chi connectivity index (χ2v) is 7.34. The minimum Gasteiger partial charge on any atom is -0.488 e. The Morgan fingerprint density at radius 1 is 1.19 bits per heavy atom. The maximum absolute atomic E-state index is 12.9. The van der Waals surface area contributed by atoms with Gasteiger partial charge in [0, 0.05) is 43.0 Å². The monoisotopic (exact) mass is 432 g/mol. The Kier molecular flexibility index (Phi) is 6.62. The van der Waals surface area contributed by atoms with Gasteiger partial charge in [0.2, 0.25) is 0 Å². The molecule has 9 heteroatoms. The summed E-state index contributed by atoms with van der Waals surface area (Å²) in [7, 11) is 1.53. The summed E-state index contributed by atoms with van der Waals surface area (Å²) in [6.45, 7) is 2.85. The van der Waals surface area contributed by atoms with Gasteiger partial charge in [-0.05, 0) is 43.2 Å². The molecule has 0 saturated carbocycles. The highest BCUT2D eigenvalue weighted by atomic mass is 19.4. The first-order valence-corrected chi connectivity index (χ1v) is 9.59. The van der Waals surface area contributed by atoms with Crippen molar-refractivity contribution >= 4 is 5.91 Å². The lowest BCUT2D eigenvalue weighted by Gasteiger charge is -2.20. The summed E-state index contributed by atoms with van der Waals surface area (Å²) in [6, 6.07) is 7.17. The van der Waals surface area contributed by atoms with Crippen LogP contribution in [-0.2, 0) is 19.7 Å². The Morgan fingerprint density at radius 2 is 1.90 bits per heavy atom. The number of imidazole rings is 1. The molecule has 2 aromatic heterocycles. The minimum absolute atomic E-state index is 0.0424. The SMILES string of the molecule is Cc1cc(C(=O)N(C)Cc2nccn2CC(F)(F)F)cc(C)c1OCc1cccnc1. The van der Waals surface area contributed by atoms with Gasteiger partial charge in [0.15, 0.2) is 0 Å². The predicted molar refractivity (Wildman–Crippen MR) is 109 cm³/mol. The van der Waals surface area contributed by atoms with Crippen LogP contribution in [0.25, 0.3) is 0 Å². The van der Waals surface area contributed by atoms with E-state index >= 15 is 0 Å². The van der Waals surface area contributed by atoms with Crippen LogP contribution in [0, 0.1) is 13.8 Å². The summed E-state index contributed by atoms with van der Waals surface area (Å²) in [6.07, 6.45) is 1.59. The topological polar surface area (TPSA) is 60.2 Å². The quantitative estimate of drug-likeness (QED) is 0.558. The third-order valence-electron chi connectivity index (χ3n) is 4.69. The van der Waals surface area contributed by atoms with Crippen molar-refractivity contribution in [2.24, 2.45) is 0 Å². The van der Waals surface area contributed by atoms with Gasteiger partial charge in [-0.25, -0.2) is 4.98 Å². The molecule has 1 amide bonds. The third kappa shape index (κ3) is 5.84. The molecular weight excluding hydrogens is 409 g/mol. The van der Waals surface area contributed by atoms with Gasteiger partial charge >= 0.3 is 6.18 Å². The highest BCUT2D eigenvalue weighted by Gasteiger charge is 2.29. The van der Waals surface area contributed by atoms with Crippen molar-refractivity contribution in [1.82, 2.24) is 19.4 Å². The van der Waals surface area contributed by atoms with E-state index in [4.69, 9.17) is 4.74 Å². The number of pyridine rings is 1. The lowest BCUT2D eigenvalue weighted by atomic mass is 10.0.